The highest BCUT2D eigenvalue weighted by Crippen LogP contribution is 2.14. The largest absolute Gasteiger partial charge is 0.0716 e. The molecule has 50 valence electrons. The lowest BCUT2D eigenvalue weighted by Crippen LogP contribution is -1.84. The number of hydrogen-bond donors (Lipinski definition) is 0. The van der Waals surface area contributed by atoms with Crippen LogP contribution in [0, 0.1) is 6.92 Å². The zero-order chi connectivity index (χ0) is 7.56. The molecule has 0 N–H and O–H groups in total. The fraction of sp³-hybridized carbons (Fsp3) is 0.250. The number of benzene rings is 1. The third-order valence-electron chi connectivity index (χ3n) is 1.34. The van der Waals surface area contributed by atoms with Crippen LogP contribution in [0.25, 0.3) is 0 Å². The van der Waals surface area contributed by atoms with E-state index in [1.54, 1.807) is 0 Å². The van der Waals surface area contributed by atoms with Gasteiger partial charge in [-0.05, 0) is 24.6 Å². The number of aryl methyl sites for hydroxylation is 1. The second-order valence-electron chi connectivity index (χ2n) is 2.34. The van der Waals surface area contributed by atoms with Crippen LogP contribution < -0.4 is 0 Å². The normalized spacial score (nSPS) is 9.80. The molecule has 0 spiro atoms. The summed E-state index contributed by atoms with van der Waals surface area (Å²) in [6, 6.07) is 6.19. The highest BCUT2D eigenvalue weighted by atomic mass is 79.9. The molecule has 0 fully saturated rings. The molecule has 0 nitrogen and oxygen atoms in total. The minimum atomic E-state index is 0.611. The Morgan fingerprint density at radius 3 is 2.60 bits per heavy atom. The molecule has 0 aliphatic rings. The summed E-state index contributed by atoms with van der Waals surface area (Å²) in [5, 5.41) is 0. The molecule has 0 amide bonds. The Kier molecular flexibility index (Phi) is 2.55. The Hall–Kier alpha value is -0.235. The van der Waals surface area contributed by atoms with Crippen molar-refractivity contribution in [2.75, 3.05) is 0 Å². The SMILES string of the molecule is [B]Cc1cc(C)cc(Br)c1. The first-order valence-electron chi connectivity index (χ1n) is 3.18. The molecule has 0 bridgehead atoms. The zero-order valence-corrected chi connectivity index (χ0v) is 7.48. The van der Waals surface area contributed by atoms with Gasteiger partial charge in [0.25, 0.3) is 0 Å². The first kappa shape index (κ1) is 7.87. The molecular formula is C8H8BBr. The fourth-order valence-electron chi connectivity index (χ4n) is 0.930. The number of rotatable bonds is 1. The summed E-state index contributed by atoms with van der Waals surface area (Å²) in [7, 11) is 5.47. The van der Waals surface area contributed by atoms with Crippen LogP contribution in [0.15, 0.2) is 22.7 Å². The predicted octanol–water partition coefficient (Wildman–Crippen LogP) is 2.43. The van der Waals surface area contributed by atoms with E-state index in [0.29, 0.717) is 6.32 Å². The molecule has 1 aromatic carbocycles. The zero-order valence-electron chi connectivity index (χ0n) is 5.89. The van der Waals surface area contributed by atoms with Gasteiger partial charge in [0.15, 0.2) is 0 Å². The lowest BCUT2D eigenvalue weighted by Gasteiger charge is -1.99. The monoisotopic (exact) mass is 194 g/mol. The lowest BCUT2D eigenvalue weighted by atomic mass is 9.96. The van der Waals surface area contributed by atoms with E-state index in [4.69, 9.17) is 7.85 Å². The minimum absolute atomic E-state index is 0.611. The quantitative estimate of drug-likeness (QED) is 0.603. The number of halogens is 1. The topological polar surface area (TPSA) is 0 Å². The second kappa shape index (κ2) is 3.24. The van der Waals surface area contributed by atoms with Crippen molar-refractivity contribution in [1.82, 2.24) is 0 Å². The lowest BCUT2D eigenvalue weighted by molar-refractivity contribution is 1.33. The van der Waals surface area contributed by atoms with Crippen molar-refractivity contribution >= 4 is 23.8 Å². The summed E-state index contributed by atoms with van der Waals surface area (Å²) in [6.45, 7) is 2.06. The molecule has 0 atom stereocenters. The van der Waals surface area contributed by atoms with Crippen molar-refractivity contribution in [2.45, 2.75) is 13.2 Å². The summed E-state index contributed by atoms with van der Waals surface area (Å²) >= 11 is 3.40. The first-order valence-corrected chi connectivity index (χ1v) is 3.98. The fourth-order valence-corrected chi connectivity index (χ4v) is 1.59. The van der Waals surface area contributed by atoms with Crippen LogP contribution in [0.3, 0.4) is 0 Å². The standard InChI is InChI=1S/C8H8BBr/c1-6-2-7(5-9)4-8(10)3-6/h2-4H,5H2,1H3. The average molecular weight is 195 g/mol. The molecule has 0 unspecified atom stereocenters. The average Bonchev–Trinajstić information content (AvgIpc) is 1.85. The second-order valence-corrected chi connectivity index (χ2v) is 3.26. The maximum atomic E-state index is 5.47. The molecule has 0 aromatic heterocycles. The molecular weight excluding hydrogens is 187 g/mol. The van der Waals surface area contributed by atoms with Crippen molar-refractivity contribution < 1.29 is 0 Å². The van der Waals surface area contributed by atoms with E-state index in [-0.39, 0.29) is 0 Å². The highest BCUT2D eigenvalue weighted by molar-refractivity contribution is 9.10. The van der Waals surface area contributed by atoms with Crippen LogP contribution in [0.4, 0.5) is 0 Å². The third-order valence-corrected chi connectivity index (χ3v) is 1.80. The van der Waals surface area contributed by atoms with Gasteiger partial charge < -0.3 is 0 Å². The molecule has 0 aliphatic carbocycles. The highest BCUT2D eigenvalue weighted by Gasteiger charge is 1.92. The molecule has 0 saturated heterocycles. The van der Waals surface area contributed by atoms with E-state index >= 15 is 0 Å². The summed E-state index contributed by atoms with van der Waals surface area (Å²) in [5.41, 5.74) is 2.42. The van der Waals surface area contributed by atoms with E-state index < -0.39 is 0 Å². The summed E-state index contributed by atoms with van der Waals surface area (Å²) in [6.07, 6.45) is 0.611. The van der Waals surface area contributed by atoms with Gasteiger partial charge >= 0.3 is 0 Å². The molecule has 10 heavy (non-hydrogen) atoms. The first-order chi connectivity index (χ1) is 4.72. The Morgan fingerprint density at radius 2 is 2.10 bits per heavy atom. The minimum Gasteiger partial charge on any atom is -0.0643 e. The smallest absolute Gasteiger partial charge is 0.0643 e. The van der Waals surface area contributed by atoms with Gasteiger partial charge in [-0.2, -0.15) is 0 Å². The van der Waals surface area contributed by atoms with Crippen molar-refractivity contribution in [3.63, 3.8) is 0 Å². The van der Waals surface area contributed by atoms with E-state index in [9.17, 15) is 0 Å². The molecule has 0 aliphatic heterocycles. The van der Waals surface area contributed by atoms with Crippen molar-refractivity contribution in [3.05, 3.63) is 33.8 Å². The van der Waals surface area contributed by atoms with Crippen LogP contribution in [0.1, 0.15) is 11.1 Å². The third kappa shape index (κ3) is 1.88. The van der Waals surface area contributed by atoms with Crippen molar-refractivity contribution in [2.24, 2.45) is 0 Å². The van der Waals surface area contributed by atoms with Gasteiger partial charge in [0.1, 0.15) is 0 Å². The van der Waals surface area contributed by atoms with Gasteiger partial charge in [-0.1, -0.05) is 33.9 Å². The van der Waals surface area contributed by atoms with E-state index in [2.05, 4.69) is 35.0 Å². The predicted molar refractivity (Wildman–Crippen MR) is 48.3 cm³/mol. The maximum Gasteiger partial charge on any atom is 0.0716 e. The van der Waals surface area contributed by atoms with Crippen LogP contribution in [-0.2, 0) is 6.32 Å². The van der Waals surface area contributed by atoms with Gasteiger partial charge in [-0.25, -0.2) is 0 Å². The van der Waals surface area contributed by atoms with Crippen LogP contribution in [0.2, 0.25) is 0 Å². The van der Waals surface area contributed by atoms with E-state index in [0.717, 1.165) is 4.47 Å². The Balaban J connectivity index is 3.06. The summed E-state index contributed by atoms with van der Waals surface area (Å²) in [5.74, 6) is 0. The Bertz CT molecular complexity index is 212. The van der Waals surface area contributed by atoms with E-state index in [1.165, 1.54) is 11.1 Å². The summed E-state index contributed by atoms with van der Waals surface area (Å²) < 4.78 is 1.10. The van der Waals surface area contributed by atoms with Gasteiger partial charge in [-0.15, -0.1) is 0 Å². The van der Waals surface area contributed by atoms with Crippen LogP contribution >= 0.6 is 15.9 Å². The van der Waals surface area contributed by atoms with Gasteiger partial charge in [0, 0.05) is 4.47 Å². The Labute approximate surface area is 71.2 Å². The van der Waals surface area contributed by atoms with Gasteiger partial charge in [0.05, 0.1) is 7.85 Å². The molecule has 1 aromatic rings. The molecule has 0 heterocycles. The van der Waals surface area contributed by atoms with Crippen LogP contribution in [0.5, 0.6) is 0 Å². The van der Waals surface area contributed by atoms with Crippen molar-refractivity contribution in [3.8, 4) is 0 Å². The Morgan fingerprint density at radius 1 is 1.40 bits per heavy atom. The summed E-state index contributed by atoms with van der Waals surface area (Å²) in [4.78, 5) is 0. The van der Waals surface area contributed by atoms with Crippen LogP contribution in [-0.4, -0.2) is 7.85 Å². The molecule has 2 radical (unpaired) electrons. The molecule has 2 heteroatoms. The maximum absolute atomic E-state index is 5.47. The number of hydrogen-bond acceptors (Lipinski definition) is 0. The van der Waals surface area contributed by atoms with Gasteiger partial charge in [-0.3, -0.25) is 0 Å². The molecule has 0 saturated carbocycles. The van der Waals surface area contributed by atoms with E-state index in [1.807, 2.05) is 6.07 Å². The molecule has 1 rings (SSSR count). The van der Waals surface area contributed by atoms with Gasteiger partial charge in [0.2, 0.25) is 0 Å². The van der Waals surface area contributed by atoms with Crippen molar-refractivity contribution in [1.29, 1.82) is 0 Å².